The zero-order chi connectivity index (χ0) is 33.3. The summed E-state index contributed by atoms with van der Waals surface area (Å²) in [6, 6.07) is 18.6. The van der Waals surface area contributed by atoms with Gasteiger partial charge in [-0.1, -0.05) is 48.5 Å². The molecule has 4 heterocycles. The molecule has 1 aliphatic heterocycles. The Hall–Kier alpha value is -5.26. The number of carbonyl (C=O) groups excluding carboxylic acids is 1. The van der Waals surface area contributed by atoms with E-state index in [1.807, 2.05) is 70.2 Å². The first-order valence-electron chi connectivity index (χ1n) is 15.2. The van der Waals surface area contributed by atoms with Crippen LogP contribution >= 0.6 is 0 Å². The summed E-state index contributed by atoms with van der Waals surface area (Å²) in [5, 5.41) is 11.9. The number of benzene rings is 2. The Kier molecular flexibility index (Phi) is 8.43. The van der Waals surface area contributed by atoms with Crippen LogP contribution in [0.15, 0.2) is 85.3 Å². The number of ether oxygens (including phenoxy) is 1. The first-order valence-corrected chi connectivity index (χ1v) is 15.2. The number of nitrogens with one attached hydrogen (secondary N) is 1. The summed E-state index contributed by atoms with van der Waals surface area (Å²) in [7, 11) is 0. The summed E-state index contributed by atoms with van der Waals surface area (Å²) in [6.07, 6.45) is 0.572. The van der Waals surface area contributed by atoms with E-state index in [2.05, 4.69) is 20.5 Å². The summed E-state index contributed by atoms with van der Waals surface area (Å²) < 4.78 is 48.8. The largest absolute Gasteiger partial charge is 0.444 e. The van der Waals surface area contributed by atoms with E-state index in [4.69, 9.17) is 9.72 Å². The number of anilines is 1. The average Bonchev–Trinajstić information content (AvgIpc) is 3.53. The Bertz CT molecular complexity index is 1950. The van der Waals surface area contributed by atoms with Gasteiger partial charge in [-0.15, -0.1) is 10.2 Å². The molecule has 9 nitrogen and oxygen atoms in total. The number of alkyl halides is 3. The molecule has 6 rings (SSSR count). The van der Waals surface area contributed by atoms with E-state index in [0.29, 0.717) is 59.2 Å². The Balaban J connectivity index is 1.46. The van der Waals surface area contributed by atoms with Crippen LogP contribution < -0.4 is 5.32 Å². The smallest absolute Gasteiger partial charge is 0.416 e. The fraction of sp³-hybridized carbons (Fsp3) is 0.286. The molecular formula is C35H34F3N7O2. The number of fused-ring (bicyclic) bond motifs is 1. The van der Waals surface area contributed by atoms with Gasteiger partial charge in [0.2, 0.25) is 0 Å². The summed E-state index contributed by atoms with van der Waals surface area (Å²) in [5.41, 5.74) is 2.61. The highest BCUT2D eigenvalue weighted by atomic mass is 19.4. The lowest BCUT2D eigenvalue weighted by Crippen LogP contribution is -2.39. The van der Waals surface area contributed by atoms with E-state index in [-0.39, 0.29) is 6.04 Å². The second-order valence-electron chi connectivity index (χ2n) is 12.4. The van der Waals surface area contributed by atoms with Crippen LogP contribution in [0.3, 0.4) is 0 Å². The third-order valence-electron chi connectivity index (χ3n) is 7.78. The fourth-order valence-corrected chi connectivity index (χ4v) is 5.50. The number of aromatic nitrogens is 5. The van der Waals surface area contributed by atoms with E-state index in [0.717, 1.165) is 23.3 Å². The molecule has 47 heavy (non-hydrogen) atoms. The van der Waals surface area contributed by atoms with Crippen LogP contribution in [-0.4, -0.2) is 54.2 Å². The van der Waals surface area contributed by atoms with Crippen LogP contribution in [0.2, 0.25) is 0 Å². The molecule has 0 fully saturated rings. The number of halogens is 3. The van der Waals surface area contributed by atoms with E-state index < -0.39 is 23.4 Å². The topological polar surface area (TPSA) is 97.5 Å². The molecule has 1 aliphatic rings. The minimum absolute atomic E-state index is 0.0651. The van der Waals surface area contributed by atoms with Gasteiger partial charge in [-0.05, 0) is 75.1 Å². The molecular weight excluding hydrogens is 607 g/mol. The van der Waals surface area contributed by atoms with Crippen molar-refractivity contribution in [1.82, 2.24) is 29.5 Å². The number of hydrogen-bond donors (Lipinski definition) is 1. The molecule has 0 radical (unpaired) electrons. The molecule has 0 spiro atoms. The van der Waals surface area contributed by atoms with Crippen molar-refractivity contribution in [3.8, 4) is 22.4 Å². The van der Waals surface area contributed by atoms with Crippen LogP contribution in [0, 0.1) is 0 Å². The third-order valence-corrected chi connectivity index (χ3v) is 7.78. The van der Waals surface area contributed by atoms with Crippen LogP contribution in [0.5, 0.6) is 0 Å². The summed E-state index contributed by atoms with van der Waals surface area (Å²) >= 11 is 0. The van der Waals surface area contributed by atoms with Crippen LogP contribution in [0.4, 0.5) is 23.8 Å². The molecule has 0 saturated heterocycles. The maximum atomic E-state index is 13.9. The average molecular weight is 642 g/mol. The van der Waals surface area contributed by atoms with Crippen molar-refractivity contribution in [2.45, 2.75) is 51.9 Å². The number of amides is 1. The minimum atomic E-state index is -4.54. The predicted octanol–water partition coefficient (Wildman–Crippen LogP) is 8.07. The third kappa shape index (κ3) is 6.96. The molecule has 1 N–H and O–H groups in total. The van der Waals surface area contributed by atoms with Crippen LogP contribution in [0.1, 0.15) is 57.1 Å². The van der Waals surface area contributed by atoms with Crippen molar-refractivity contribution in [2.75, 3.05) is 18.4 Å². The number of carbonyl (C=O) groups is 1. The quantitative estimate of drug-likeness (QED) is 0.200. The highest BCUT2D eigenvalue weighted by Crippen LogP contribution is 2.39. The second-order valence-corrected chi connectivity index (χ2v) is 12.4. The maximum absolute atomic E-state index is 13.9. The fourth-order valence-electron chi connectivity index (χ4n) is 5.50. The second kappa shape index (κ2) is 12.5. The lowest BCUT2D eigenvalue weighted by Gasteiger charge is -2.29. The standard InChI is InChI=1S/C35H34F3N7O2/c1-22(23-9-6-5-7-10-23)41-28-20-26(13-16-39-28)30-29(25-11-8-12-27(19-25)35(36,37)38)32-43-40-21-45(32)31(42-30)24-14-17-44(18-15-24)33(46)47-34(2,3)4/h5-14,16,19-22H,15,17-18H2,1-4H3,(H,39,41). The number of hydrogen-bond acceptors (Lipinski definition) is 7. The minimum Gasteiger partial charge on any atom is -0.444 e. The van der Waals surface area contributed by atoms with E-state index >= 15 is 0 Å². The van der Waals surface area contributed by atoms with E-state index in [1.54, 1.807) is 27.6 Å². The van der Waals surface area contributed by atoms with Crippen molar-refractivity contribution < 1.29 is 22.7 Å². The molecule has 1 amide bonds. The maximum Gasteiger partial charge on any atom is 0.416 e. The number of rotatable bonds is 6. The Labute approximate surface area is 270 Å². The lowest BCUT2D eigenvalue weighted by molar-refractivity contribution is -0.137. The van der Waals surface area contributed by atoms with Gasteiger partial charge in [0.05, 0.1) is 16.8 Å². The van der Waals surface area contributed by atoms with Gasteiger partial charge in [-0.25, -0.2) is 14.8 Å². The first kappa shape index (κ1) is 31.7. The van der Waals surface area contributed by atoms with Crippen molar-refractivity contribution in [3.63, 3.8) is 0 Å². The molecule has 0 saturated carbocycles. The highest BCUT2D eigenvalue weighted by molar-refractivity contribution is 5.91. The van der Waals surface area contributed by atoms with Gasteiger partial charge in [-0.2, -0.15) is 13.2 Å². The normalized spacial score (nSPS) is 14.5. The Morgan fingerprint density at radius 2 is 1.79 bits per heavy atom. The van der Waals surface area contributed by atoms with Gasteiger partial charge < -0.3 is 15.0 Å². The van der Waals surface area contributed by atoms with E-state index in [9.17, 15) is 18.0 Å². The summed E-state index contributed by atoms with van der Waals surface area (Å²) in [6.45, 7) is 8.18. The number of pyridine rings is 1. The van der Waals surface area contributed by atoms with Crippen molar-refractivity contribution in [1.29, 1.82) is 0 Å². The van der Waals surface area contributed by atoms with Crippen molar-refractivity contribution >= 4 is 23.1 Å². The number of nitrogens with zero attached hydrogens (tertiary/aromatic N) is 6. The zero-order valence-electron chi connectivity index (χ0n) is 26.4. The molecule has 1 unspecified atom stereocenters. The van der Waals surface area contributed by atoms with Gasteiger partial charge >= 0.3 is 12.3 Å². The van der Waals surface area contributed by atoms with Crippen molar-refractivity contribution in [3.05, 3.63) is 102 Å². The Morgan fingerprint density at radius 1 is 1.00 bits per heavy atom. The van der Waals surface area contributed by atoms with Gasteiger partial charge in [0, 0.05) is 30.9 Å². The van der Waals surface area contributed by atoms with Gasteiger partial charge in [0.1, 0.15) is 23.6 Å². The monoisotopic (exact) mass is 641 g/mol. The van der Waals surface area contributed by atoms with Crippen LogP contribution in [0.25, 0.3) is 33.6 Å². The molecule has 2 aromatic carbocycles. The van der Waals surface area contributed by atoms with Gasteiger partial charge in [-0.3, -0.25) is 4.40 Å². The molecule has 0 bridgehead atoms. The highest BCUT2D eigenvalue weighted by Gasteiger charge is 2.32. The van der Waals surface area contributed by atoms with Gasteiger partial charge in [0.15, 0.2) is 5.65 Å². The molecule has 242 valence electrons. The Morgan fingerprint density at radius 3 is 2.49 bits per heavy atom. The summed E-state index contributed by atoms with van der Waals surface area (Å²) in [5.74, 6) is 1.10. The molecule has 1 atom stereocenters. The van der Waals surface area contributed by atoms with E-state index in [1.165, 1.54) is 12.4 Å². The zero-order valence-corrected chi connectivity index (χ0v) is 26.4. The summed E-state index contributed by atoms with van der Waals surface area (Å²) in [4.78, 5) is 23.9. The lowest BCUT2D eigenvalue weighted by atomic mass is 9.97. The van der Waals surface area contributed by atoms with Crippen LogP contribution in [-0.2, 0) is 10.9 Å². The molecule has 0 aliphatic carbocycles. The SMILES string of the molecule is CC(Nc1cc(-c2nc(C3=CCN(C(=O)OC(C)(C)C)CC3)n3cnnc3c2-c2cccc(C(F)(F)F)c2)ccn1)c1ccccc1. The van der Waals surface area contributed by atoms with Gasteiger partial charge in [0.25, 0.3) is 0 Å². The molecule has 12 heteroatoms. The molecule has 5 aromatic rings. The first-order chi connectivity index (χ1) is 22.4. The molecule has 3 aromatic heterocycles. The predicted molar refractivity (Wildman–Crippen MR) is 173 cm³/mol. The van der Waals surface area contributed by atoms with Crippen molar-refractivity contribution in [2.24, 2.45) is 0 Å².